The number of ether oxygens (including phenoxy) is 2. The van der Waals surface area contributed by atoms with Gasteiger partial charge in [-0.3, -0.25) is 14.1 Å². The average molecular weight is 685 g/mol. The van der Waals surface area contributed by atoms with Crippen LogP contribution in [0.4, 0.5) is 5.69 Å². The number of unbranched alkanes of at least 4 members (excludes halogenated alkanes) is 1. The fraction of sp³-hybridized carbons (Fsp3) is 0.457. The summed E-state index contributed by atoms with van der Waals surface area (Å²) in [5.41, 5.74) is 3.16. The number of thioether (sulfide) groups is 1. The molecule has 4 rings (SSSR count). The highest BCUT2D eigenvalue weighted by atomic mass is 32.2. The summed E-state index contributed by atoms with van der Waals surface area (Å²) in [6, 6.07) is 18.3. The van der Waals surface area contributed by atoms with Crippen molar-refractivity contribution in [2.75, 3.05) is 50.2 Å². The molecule has 3 aromatic rings. The third kappa shape index (κ3) is 12.0. The van der Waals surface area contributed by atoms with Crippen molar-refractivity contribution < 1.29 is 36.6 Å². The Kier molecular flexibility index (Phi) is 14.7. The zero-order chi connectivity index (χ0) is 33.5. The van der Waals surface area contributed by atoms with E-state index in [9.17, 15) is 22.6 Å². The van der Waals surface area contributed by atoms with Crippen molar-refractivity contribution in [3.8, 4) is 0 Å². The zero-order valence-electron chi connectivity index (χ0n) is 27.1. The van der Waals surface area contributed by atoms with E-state index in [1.807, 2.05) is 30.3 Å². The molecule has 1 amide bonds. The lowest BCUT2D eigenvalue weighted by molar-refractivity contribution is -0.671. The van der Waals surface area contributed by atoms with Gasteiger partial charge in [0.05, 0.1) is 41.7 Å². The second kappa shape index (κ2) is 18.9. The molecule has 0 fully saturated rings. The van der Waals surface area contributed by atoms with Crippen molar-refractivity contribution in [1.82, 2.24) is 5.32 Å². The largest absolute Gasteiger partial charge is 0.379 e. The molecular formula is C35H46N3O7S2+. The molecule has 47 heavy (non-hydrogen) atoms. The molecule has 1 aromatic heterocycles. The van der Waals surface area contributed by atoms with E-state index in [1.165, 1.54) is 0 Å². The Bertz CT molecular complexity index is 1630. The second-order valence-corrected chi connectivity index (χ2v) is 14.0. The molecule has 10 nitrogen and oxygen atoms in total. The summed E-state index contributed by atoms with van der Waals surface area (Å²) < 4.78 is 44.9. The van der Waals surface area contributed by atoms with Crippen molar-refractivity contribution in [3.63, 3.8) is 0 Å². The van der Waals surface area contributed by atoms with Crippen LogP contribution in [0.1, 0.15) is 57.4 Å². The van der Waals surface area contributed by atoms with Gasteiger partial charge in [-0.25, -0.2) is 0 Å². The first-order chi connectivity index (χ1) is 22.7. The van der Waals surface area contributed by atoms with Crippen molar-refractivity contribution in [1.29, 1.82) is 0 Å². The quantitative estimate of drug-likeness (QED) is 0.0863. The molecule has 254 valence electrons. The first kappa shape index (κ1) is 36.5. The Hall–Kier alpha value is -3.29. The number of nitrogens with one attached hydrogen (secondary N) is 1. The van der Waals surface area contributed by atoms with Gasteiger partial charge < -0.3 is 19.7 Å². The number of anilines is 1. The van der Waals surface area contributed by atoms with E-state index in [4.69, 9.17) is 9.47 Å². The van der Waals surface area contributed by atoms with Crippen LogP contribution in [0.2, 0.25) is 0 Å². The zero-order valence-corrected chi connectivity index (χ0v) is 28.7. The first-order valence-electron chi connectivity index (χ1n) is 16.3. The molecule has 1 aliphatic rings. The minimum atomic E-state index is -4.03. The molecule has 0 aliphatic carbocycles. The minimum Gasteiger partial charge on any atom is -0.379 e. The Morgan fingerprint density at radius 3 is 2.51 bits per heavy atom. The summed E-state index contributed by atoms with van der Waals surface area (Å²) in [6.07, 6.45) is 7.94. The molecule has 0 unspecified atom stereocenters. The molecule has 0 spiro atoms. The maximum Gasteiger partial charge on any atom is 0.264 e. The molecule has 2 aromatic carbocycles. The number of aryl methyl sites for hydroxylation is 1. The van der Waals surface area contributed by atoms with Gasteiger partial charge in [0.15, 0.2) is 6.20 Å². The molecule has 2 heterocycles. The Balaban J connectivity index is 1.26. The third-order valence-corrected chi connectivity index (χ3v) is 9.60. The number of hydrogen-bond donors (Lipinski definition) is 2. The summed E-state index contributed by atoms with van der Waals surface area (Å²) in [6.45, 7) is 5.89. The van der Waals surface area contributed by atoms with Gasteiger partial charge in [-0.15, -0.1) is 0 Å². The normalized spacial score (nSPS) is 13.7. The fourth-order valence-electron chi connectivity index (χ4n) is 5.36. The van der Waals surface area contributed by atoms with Gasteiger partial charge in [0, 0.05) is 62.4 Å². The summed E-state index contributed by atoms with van der Waals surface area (Å²) in [4.78, 5) is 27.7. The molecule has 2 N–H and O–H groups in total. The lowest BCUT2D eigenvalue weighted by atomic mass is 10.1. The number of hydrogen-bond acceptors (Lipinski definition) is 8. The van der Waals surface area contributed by atoms with Crippen LogP contribution >= 0.6 is 11.8 Å². The van der Waals surface area contributed by atoms with Crippen LogP contribution in [-0.2, 0) is 35.7 Å². The monoisotopic (exact) mass is 684 g/mol. The molecule has 0 radical (unpaired) electrons. The summed E-state index contributed by atoms with van der Waals surface area (Å²) in [5.74, 6) is -0.329. The first-order valence-corrected chi connectivity index (χ1v) is 18.7. The number of fused-ring (bicyclic) bond motifs is 2. The van der Waals surface area contributed by atoms with Gasteiger partial charge in [-0.05, 0) is 49.1 Å². The minimum absolute atomic E-state index is 0.0949. The van der Waals surface area contributed by atoms with E-state index in [2.05, 4.69) is 58.2 Å². The van der Waals surface area contributed by atoms with Crippen LogP contribution in [0.3, 0.4) is 0 Å². The number of nitrogens with zero attached hydrogens (tertiary/aromatic N) is 2. The number of pyridine rings is 1. The molecular weight excluding hydrogens is 639 g/mol. The number of para-hydroxylation sites is 2. The highest BCUT2D eigenvalue weighted by Crippen LogP contribution is 2.46. The number of ketones is 1. The molecule has 0 atom stereocenters. The standard InChI is InChI=1S/C35H45N3O7S2/c1-2-22-44-24-25-45-23-18-36-34(40)16-15-29(39)10-7-8-19-37-21-17-28(30-11-3-4-12-31(30)37)27-35-38(20-9-26-47(41,42)43)32-13-5-6-14-33(32)46-35/h3-6,11-14,17,21,27H,2,7-10,15-16,18-20,22-26H2,1H3,(H-,36,40,41,42,43)/p+1. The summed E-state index contributed by atoms with van der Waals surface area (Å²) in [7, 11) is -4.03. The molecule has 1 aliphatic heterocycles. The van der Waals surface area contributed by atoms with Crippen LogP contribution < -0.4 is 14.8 Å². The predicted octanol–water partition coefficient (Wildman–Crippen LogP) is 5.39. The molecule has 0 saturated carbocycles. The van der Waals surface area contributed by atoms with E-state index >= 15 is 0 Å². The number of carbonyl (C=O) groups excluding carboxylic acids is 2. The lowest BCUT2D eigenvalue weighted by Gasteiger charge is -2.20. The number of aromatic nitrogens is 1. The Morgan fingerprint density at radius 2 is 1.70 bits per heavy atom. The number of Topliss-reactive ketones (excluding diaryl/α,β-unsaturated/α-hetero) is 1. The molecule has 12 heteroatoms. The van der Waals surface area contributed by atoms with E-state index in [-0.39, 0.29) is 30.3 Å². The summed E-state index contributed by atoms with van der Waals surface area (Å²) >= 11 is 1.64. The van der Waals surface area contributed by atoms with Crippen LogP contribution in [0.5, 0.6) is 0 Å². The predicted molar refractivity (Wildman–Crippen MR) is 186 cm³/mol. The fourth-order valence-corrected chi connectivity index (χ4v) is 6.99. The van der Waals surface area contributed by atoms with Crippen molar-refractivity contribution >= 4 is 56.2 Å². The second-order valence-electron chi connectivity index (χ2n) is 11.4. The summed E-state index contributed by atoms with van der Waals surface area (Å²) in [5, 5.41) is 4.88. The van der Waals surface area contributed by atoms with E-state index in [1.54, 1.807) is 11.8 Å². The van der Waals surface area contributed by atoms with Crippen LogP contribution in [-0.4, -0.2) is 69.9 Å². The Morgan fingerprint density at radius 1 is 0.936 bits per heavy atom. The maximum atomic E-state index is 12.4. The van der Waals surface area contributed by atoms with Gasteiger partial charge in [-0.2, -0.15) is 13.0 Å². The lowest BCUT2D eigenvalue weighted by Crippen LogP contribution is -2.34. The van der Waals surface area contributed by atoms with Gasteiger partial charge in [0.2, 0.25) is 11.4 Å². The van der Waals surface area contributed by atoms with Crippen LogP contribution in [0, 0.1) is 0 Å². The van der Waals surface area contributed by atoms with E-state index in [0.717, 1.165) is 64.5 Å². The smallest absolute Gasteiger partial charge is 0.264 e. The van der Waals surface area contributed by atoms with Crippen molar-refractivity contribution in [2.45, 2.75) is 63.3 Å². The maximum absolute atomic E-state index is 12.4. The van der Waals surface area contributed by atoms with Gasteiger partial charge in [-0.1, -0.05) is 43.0 Å². The van der Waals surface area contributed by atoms with Crippen molar-refractivity contribution in [2.24, 2.45) is 0 Å². The van der Waals surface area contributed by atoms with Gasteiger partial charge in [0.25, 0.3) is 10.1 Å². The highest BCUT2D eigenvalue weighted by molar-refractivity contribution is 8.03. The van der Waals surface area contributed by atoms with Crippen LogP contribution in [0.15, 0.2) is 70.7 Å². The SMILES string of the molecule is CCCOCCOCCNC(=O)CCC(=O)CCCC[n+]1ccc(/C=C2\Sc3ccccc3N2CCCS(=O)(=O)O)c2ccccc21. The number of amides is 1. The highest BCUT2D eigenvalue weighted by Gasteiger charge is 2.25. The third-order valence-electron chi connectivity index (χ3n) is 7.68. The number of rotatable bonds is 21. The van der Waals surface area contributed by atoms with E-state index in [0.29, 0.717) is 45.8 Å². The Labute approximate surface area is 282 Å². The van der Waals surface area contributed by atoms with Gasteiger partial charge >= 0.3 is 0 Å². The van der Waals surface area contributed by atoms with Gasteiger partial charge in [0.1, 0.15) is 12.3 Å². The molecule has 0 bridgehead atoms. The molecule has 0 saturated heterocycles. The number of carbonyl (C=O) groups is 2. The average Bonchev–Trinajstić information content (AvgIpc) is 3.40. The van der Waals surface area contributed by atoms with Crippen molar-refractivity contribution in [3.05, 3.63) is 71.4 Å². The topological polar surface area (TPSA) is 126 Å². The van der Waals surface area contributed by atoms with Crippen LogP contribution in [0.25, 0.3) is 17.0 Å². The number of benzene rings is 2. The van der Waals surface area contributed by atoms with E-state index < -0.39 is 10.1 Å².